The number of hydrogen-bond acceptors (Lipinski definition) is 7. The number of aryl methyl sites for hydroxylation is 2. The van der Waals surface area contributed by atoms with Crippen LogP contribution in [0.5, 0.6) is 5.75 Å². The maximum atomic E-state index is 12.9. The van der Waals surface area contributed by atoms with Crippen molar-refractivity contribution in [3.63, 3.8) is 0 Å². The van der Waals surface area contributed by atoms with Crippen LogP contribution >= 0.6 is 0 Å². The number of carbonyl (C=O) groups is 1. The van der Waals surface area contributed by atoms with Gasteiger partial charge in [-0.05, 0) is 56.7 Å². The Morgan fingerprint density at radius 3 is 2.91 bits per heavy atom. The minimum Gasteiger partial charge on any atom is -0.490 e. The van der Waals surface area contributed by atoms with Crippen molar-refractivity contribution in [2.45, 2.75) is 46.4 Å². The van der Waals surface area contributed by atoms with Crippen molar-refractivity contribution < 1.29 is 18.8 Å². The van der Waals surface area contributed by atoms with Gasteiger partial charge in [-0.3, -0.25) is 4.79 Å². The molecule has 1 atom stereocenters. The summed E-state index contributed by atoms with van der Waals surface area (Å²) >= 11 is 0. The van der Waals surface area contributed by atoms with Crippen LogP contribution in [0.3, 0.4) is 0 Å². The van der Waals surface area contributed by atoms with Gasteiger partial charge in [0, 0.05) is 36.5 Å². The maximum Gasteiger partial charge on any atom is 0.344 e. The average molecular weight is 445 g/mol. The largest absolute Gasteiger partial charge is 0.490 e. The van der Waals surface area contributed by atoms with Crippen LogP contribution in [-0.2, 0) is 24.3 Å². The summed E-state index contributed by atoms with van der Waals surface area (Å²) in [6.07, 6.45) is 2.51. The first-order valence-corrected chi connectivity index (χ1v) is 10.9. The number of fused-ring (bicyclic) bond motifs is 2. The zero-order valence-electron chi connectivity index (χ0n) is 18.6. The van der Waals surface area contributed by atoms with Crippen LogP contribution in [-0.4, -0.2) is 26.8 Å². The number of hydrogen-bond donors (Lipinski definition) is 0. The van der Waals surface area contributed by atoms with E-state index in [1.54, 1.807) is 22.8 Å². The number of benzene rings is 1. The summed E-state index contributed by atoms with van der Waals surface area (Å²) in [7, 11) is 0. The van der Waals surface area contributed by atoms with Gasteiger partial charge in [-0.25, -0.2) is 9.78 Å². The molecule has 0 unspecified atom stereocenters. The van der Waals surface area contributed by atoms with E-state index >= 15 is 0 Å². The lowest BCUT2D eigenvalue weighted by atomic mass is 10.1. The highest BCUT2D eigenvalue weighted by atomic mass is 16.5. The van der Waals surface area contributed by atoms with Gasteiger partial charge in [-0.1, -0.05) is 5.16 Å². The second-order valence-electron chi connectivity index (χ2n) is 8.20. The summed E-state index contributed by atoms with van der Waals surface area (Å²) in [4.78, 5) is 30.0. The molecule has 0 saturated heterocycles. The summed E-state index contributed by atoms with van der Waals surface area (Å²) in [5.41, 5.74) is 3.37. The van der Waals surface area contributed by atoms with Crippen LogP contribution < -0.4 is 10.2 Å². The molecule has 4 heterocycles. The van der Waals surface area contributed by atoms with E-state index in [1.165, 1.54) is 6.20 Å². The van der Waals surface area contributed by atoms with Crippen LogP contribution in [0.2, 0.25) is 0 Å². The second-order valence-corrected chi connectivity index (χ2v) is 8.20. The average Bonchev–Trinajstić information content (AvgIpc) is 3.42. The quantitative estimate of drug-likeness (QED) is 0.427. The standard InChI is InChI=1S/C25H23N3O5/c1-4-28-12-20(23(29)19-7-5-14(2)26-24(19)28)25(30)31-13-18-11-22(33-27-18)16-6-8-21-17(10-16)9-15(3)32-21/h5-8,10-12,15H,4,9,13H2,1-3H3/t15-/m0/s1. The normalized spacial score (nSPS) is 14.8. The first-order chi connectivity index (χ1) is 15.9. The molecule has 8 nitrogen and oxygen atoms in total. The van der Waals surface area contributed by atoms with Gasteiger partial charge in [0.2, 0.25) is 5.43 Å². The van der Waals surface area contributed by atoms with E-state index in [0.717, 1.165) is 29.0 Å². The predicted molar refractivity (Wildman–Crippen MR) is 121 cm³/mol. The first-order valence-electron chi connectivity index (χ1n) is 10.9. The molecule has 5 rings (SSSR count). The zero-order chi connectivity index (χ0) is 23.1. The lowest BCUT2D eigenvalue weighted by molar-refractivity contribution is 0.0462. The van der Waals surface area contributed by atoms with E-state index in [0.29, 0.717) is 29.0 Å². The molecule has 0 N–H and O–H groups in total. The first kappa shape index (κ1) is 20.9. The fourth-order valence-electron chi connectivity index (χ4n) is 4.05. The highest BCUT2D eigenvalue weighted by Gasteiger charge is 2.21. The molecular formula is C25H23N3O5. The van der Waals surface area contributed by atoms with Crippen LogP contribution in [0.15, 0.2) is 51.9 Å². The summed E-state index contributed by atoms with van der Waals surface area (Å²) in [6.45, 7) is 6.26. The van der Waals surface area contributed by atoms with Gasteiger partial charge in [-0.15, -0.1) is 0 Å². The summed E-state index contributed by atoms with van der Waals surface area (Å²) < 4.78 is 18.3. The highest BCUT2D eigenvalue weighted by Crippen LogP contribution is 2.33. The number of aromatic nitrogens is 3. The van der Waals surface area contributed by atoms with Crippen LogP contribution in [0.1, 0.15) is 41.2 Å². The molecule has 8 heteroatoms. The SMILES string of the molecule is CCn1cc(C(=O)OCc2cc(-c3ccc4c(c3)C[C@H](C)O4)on2)c(=O)c2ccc(C)nc21. The van der Waals surface area contributed by atoms with E-state index in [2.05, 4.69) is 10.1 Å². The van der Waals surface area contributed by atoms with E-state index < -0.39 is 11.4 Å². The Morgan fingerprint density at radius 1 is 1.24 bits per heavy atom. The third-order valence-electron chi connectivity index (χ3n) is 5.71. The zero-order valence-corrected chi connectivity index (χ0v) is 18.6. The Kier molecular flexibility index (Phi) is 5.20. The fourth-order valence-corrected chi connectivity index (χ4v) is 4.05. The molecule has 168 valence electrons. The van der Waals surface area contributed by atoms with Gasteiger partial charge in [-0.2, -0.15) is 0 Å². The van der Waals surface area contributed by atoms with Crippen molar-refractivity contribution in [1.82, 2.24) is 14.7 Å². The molecule has 0 aliphatic carbocycles. The summed E-state index contributed by atoms with van der Waals surface area (Å²) in [5.74, 6) is 0.750. The molecule has 1 aliphatic heterocycles. The van der Waals surface area contributed by atoms with E-state index in [1.807, 2.05) is 39.0 Å². The minimum absolute atomic E-state index is 0.0357. The molecule has 1 aromatic carbocycles. The van der Waals surface area contributed by atoms with Crippen LogP contribution in [0.25, 0.3) is 22.4 Å². The van der Waals surface area contributed by atoms with Crippen LogP contribution in [0.4, 0.5) is 0 Å². The van der Waals surface area contributed by atoms with Gasteiger partial charge in [0.1, 0.15) is 35.4 Å². The number of carbonyl (C=O) groups excluding carboxylic acids is 1. The Hall–Kier alpha value is -3.94. The monoisotopic (exact) mass is 445 g/mol. The Bertz CT molecular complexity index is 1440. The molecular weight excluding hydrogens is 422 g/mol. The molecule has 0 saturated carbocycles. The van der Waals surface area contributed by atoms with Crippen molar-refractivity contribution in [2.75, 3.05) is 0 Å². The lowest BCUT2D eigenvalue weighted by Gasteiger charge is -2.10. The summed E-state index contributed by atoms with van der Waals surface area (Å²) in [5, 5.41) is 4.39. The lowest BCUT2D eigenvalue weighted by Crippen LogP contribution is -2.21. The number of ether oxygens (including phenoxy) is 2. The van der Waals surface area contributed by atoms with Crippen molar-refractivity contribution in [3.05, 3.63) is 75.3 Å². The topological polar surface area (TPSA) is 96.5 Å². The van der Waals surface area contributed by atoms with Gasteiger partial charge in [0.25, 0.3) is 0 Å². The van der Waals surface area contributed by atoms with Crippen LogP contribution in [0, 0.1) is 6.92 Å². The molecule has 4 aromatic rings. The Labute approximate surface area is 189 Å². The highest BCUT2D eigenvalue weighted by molar-refractivity contribution is 5.93. The second kappa shape index (κ2) is 8.20. The van der Waals surface area contributed by atoms with E-state index in [-0.39, 0.29) is 18.3 Å². The number of rotatable bonds is 5. The van der Waals surface area contributed by atoms with Crippen molar-refractivity contribution >= 4 is 17.0 Å². The molecule has 0 fully saturated rings. The fraction of sp³-hybridized carbons (Fsp3) is 0.280. The third kappa shape index (κ3) is 3.88. The number of esters is 1. The van der Waals surface area contributed by atoms with E-state index in [9.17, 15) is 9.59 Å². The van der Waals surface area contributed by atoms with Crippen molar-refractivity contribution in [3.8, 4) is 17.1 Å². The molecule has 3 aromatic heterocycles. The Balaban J connectivity index is 1.34. The maximum absolute atomic E-state index is 12.9. The predicted octanol–water partition coefficient (Wildman–Crippen LogP) is 4.06. The van der Waals surface area contributed by atoms with E-state index in [4.69, 9.17) is 14.0 Å². The molecule has 0 bridgehead atoms. The van der Waals surface area contributed by atoms with Crippen molar-refractivity contribution in [1.29, 1.82) is 0 Å². The molecule has 0 radical (unpaired) electrons. The van der Waals surface area contributed by atoms with Gasteiger partial charge in [0.15, 0.2) is 5.76 Å². The van der Waals surface area contributed by atoms with Crippen molar-refractivity contribution in [2.24, 2.45) is 0 Å². The smallest absolute Gasteiger partial charge is 0.344 e. The minimum atomic E-state index is -0.710. The third-order valence-corrected chi connectivity index (χ3v) is 5.71. The summed E-state index contributed by atoms with van der Waals surface area (Å²) in [6, 6.07) is 11.0. The van der Waals surface area contributed by atoms with Gasteiger partial charge >= 0.3 is 5.97 Å². The molecule has 33 heavy (non-hydrogen) atoms. The van der Waals surface area contributed by atoms with Gasteiger partial charge < -0.3 is 18.6 Å². The number of pyridine rings is 2. The molecule has 0 spiro atoms. The Morgan fingerprint density at radius 2 is 2.09 bits per heavy atom. The molecule has 1 aliphatic rings. The van der Waals surface area contributed by atoms with Gasteiger partial charge in [0.05, 0.1) is 5.39 Å². The molecule has 0 amide bonds. The number of nitrogens with zero attached hydrogens (tertiary/aromatic N) is 3.